The molecule has 132 valence electrons. The van der Waals surface area contributed by atoms with Crippen LogP contribution in [0.3, 0.4) is 0 Å². The van der Waals surface area contributed by atoms with Crippen LogP contribution in [0.5, 0.6) is 11.5 Å². The number of para-hydroxylation sites is 2. The number of benzene rings is 1. The third kappa shape index (κ3) is 4.31. The van der Waals surface area contributed by atoms with E-state index in [-0.39, 0.29) is 18.6 Å². The molecule has 0 aliphatic carbocycles. The largest absolute Gasteiger partial charge is 0.485 e. The van der Waals surface area contributed by atoms with Gasteiger partial charge in [0.25, 0.3) is 5.91 Å². The first kappa shape index (κ1) is 16.9. The van der Waals surface area contributed by atoms with Gasteiger partial charge in [-0.3, -0.25) is 9.69 Å². The van der Waals surface area contributed by atoms with Gasteiger partial charge in [-0.25, -0.2) is 0 Å². The highest BCUT2D eigenvalue weighted by Crippen LogP contribution is 2.31. The fourth-order valence-electron chi connectivity index (χ4n) is 2.93. The Morgan fingerprint density at radius 2 is 1.88 bits per heavy atom. The van der Waals surface area contributed by atoms with Crippen LogP contribution in [0.15, 0.2) is 24.3 Å². The molecule has 0 radical (unpaired) electrons. The van der Waals surface area contributed by atoms with Crippen LogP contribution in [-0.4, -0.2) is 55.4 Å². The number of likely N-dealkylation sites (tertiary alicyclic amines) is 1. The molecular weight excluding hydrogens is 325 g/mol. The van der Waals surface area contributed by atoms with Gasteiger partial charge in [0.1, 0.15) is 6.61 Å². The summed E-state index contributed by atoms with van der Waals surface area (Å²) in [6.07, 6.45) is -3.94. The zero-order valence-electron chi connectivity index (χ0n) is 13.0. The average Bonchev–Trinajstić information content (AvgIpc) is 2.55. The van der Waals surface area contributed by atoms with Crippen molar-refractivity contribution in [1.29, 1.82) is 0 Å². The van der Waals surface area contributed by atoms with E-state index in [0.29, 0.717) is 37.4 Å². The van der Waals surface area contributed by atoms with Crippen molar-refractivity contribution < 1.29 is 27.4 Å². The minimum Gasteiger partial charge on any atom is -0.485 e. The maximum absolute atomic E-state index is 12.4. The van der Waals surface area contributed by atoms with E-state index in [1.165, 1.54) is 4.90 Å². The molecule has 1 aromatic carbocycles. The first-order valence-electron chi connectivity index (χ1n) is 7.89. The molecule has 8 heteroatoms. The molecule has 1 saturated heterocycles. The summed E-state index contributed by atoms with van der Waals surface area (Å²) in [7, 11) is 0. The monoisotopic (exact) mass is 344 g/mol. The standard InChI is InChI=1S/C16H19F3N2O3/c17-16(18,19)10-21-7-5-11(6-8-21)20-15(22)14-9-23-12-3-1-2-4-13(12)24-14/h1-4,11,14H,5-10H2,(H,20,22). The Hall–Kier alpha value is -1.96. The number of halogens is 3. The maximum atomic E-state index is 12.4. The van der Waals surface area contributed by atoms with Crippen LogP contribution in [0.4, 0.5) is 13.2 Å². The lowest BCUT2D eigenvalue weighted by molar-refractivity contribution is -0.148. The van der Waals surface area contributed by atoms with Crippen LogP contribution in [0, 0.1) is 0 Å². The van der Waals surface area contributed by atoms with E-state index in [1.807, 2.05) is 6.07 Å². The molecule has 1 atom stereocenters. The number of hydrogen-bond donors (Lipinski definition) is 1. The average molecular weight is 344 g/mol. The zero-order chi connectivity index (χ0) is 17.2. The van der Waals surface area contributed by atoms with E-state index in [0.717, 1.165) is 0 Å². The number of hydrogen-bond acceptors (Lipinski definition) is 4. The highest BCUT2D eigenvalue weighted by atomic mass is 19.4. The first-order chi connectivity index (χ1) is 11.4. The van der Waals surface area contributed by atoms with Crippen LogP contribution in [0.25, 0.3) is 0 Å². The molecule has 0 aromatic heterocycles. The normalized spacial score (nSPS) is 22.2. The van der Waals surface area contributed by atoms with Crippen molar-refractivity contribution >= 4 is 5.91 Å². The SMILES string of the molecule is O=C(NC1CCN(CC(F)(F)F)CC1)C1COc2ccccc2O1. The molecule has 0 saturated carbocycles. The van der Waals surface area contributed by atoms with Gasteiger partial charge in [0, 0.05) is 19.1 Å². The van der Waals surface area contributed by atoms with Gasteiger partial charge in [-0.05, 0) is 25.0 Å². The predicted octanol–water partition coefficient (Wildman–Crippen LogP) is 1.97. The molecular formula is C16H19F3N2O3. The van der Waals surface area contributed by atoms with Crippen LogP contribution >= 0.6 is 0 Å². The number of ether oxygens (including phenoxy) is 2. The van der Waals surface area contributed by atoms with Gasteiger partial charge in [-0.2, -0.15) is 13.2 Å². The number of rotatable bonds is 3. The number of carbonyl (C=O) groups is 1. The number of amides is 1. The van der Waals surface area contributed by atoms with Crippen LogP contribution in [0.1, 0.15) is 12.8 Å². The Bertz CT molecular complexity index is 586. The number of piperidine rings is 1. The second-order valence-corrected chi connectivity index (χ2v) is 6.04. The molecule has 1 unspecified atom stereocenters. The molecule has 3 rings (SSSR count). The molecule has 24 heavy (non-hydrogen) atoms. The molecule has 2 aliphatic rings. The zero-order valence-corrected chi connectivity index (χ0v) is 13.0. The van der Waals surface area contributed by atoms with Crippen molar-refractivity contribution in [2.24, 2.45) is 0 Å². The number of nitrogens with one attached hydrogen (secondary N) is 1. The predicted molar refractivity (Wildman–Crippen MR) is 80.0 cm³/mol. The highest BCUT2D eigenvalue weighted by molar-refractivity contribution is 5.82. The summed E-state index contributed by atoms with van der Waals surface area (Å²) in [4.78, 5) is 13.6. The molecule has 1 amide bonds. The topological polar surface area (TPSA) is 50.8 Å². The van der Waals surface area contributed by atoms with Gasteiger partial charge in [0.05, 0.1) is 6.54 Å². The van der Waals surface area contributed by atoms with Gasteiger partial charge in [-0.1, -0.05) is 12.1 Å². The van der Waals surface area contributed by atoms with E-state index >= 15 is 0 Å². The Balaban J connectivity index is 1.47. The fraction of sp³-hybridized carbons (Fsp3) is 0.562. The Morgan fingerprint density at radius 1 is 1.21 bits per heavy atom. The second kappa shape index (κ2) is 6.88. The van der Waals surface area contributed by atoms with Gasteiger partial charge in [-0.15, -0.1) is 0 Å². The van der Waals surface area contributed by atoms with Gasteiger partial charge in [0.15, 0.2) is 11.5 Å². The van der Waals surface area contributed by atoms with E-state index in [9.17, 15) is 18.0 Å². The lowest BCUT2D eigenvalue weighted by Crippen LogP contribution is -2.51. The molecule has 1 aromatic rings. The smallest absolute Gasteiger partial charge is 0.401 e. The Kier molecular flexibility index (Phi) is 4.84. The van der Waals surface area contributed by atoms with E-state index in [2.05, 4.69) is 5.32 Å². The Morgan fingerprint density at radius 3 is 2.54 bits per heavy atom. The Labute approximate surface area is 137 Å². The summed E-state index contributed by atoms with van der Waals surface area (Å²) in [6, 6.07) is 6.96. The van der Waals surface area contributed by atoms with Crippen molar-refractivity contribution in [2.75, 3.05) is 26.2 Å². The molecule has 1 N–H and O–H groups in total. The van der Waals surface area contributed by atoms with Crippen LogP contribution in [0.2, 0.25) is 0 Å². The van der Waals surface area contributed by atoms with Crippen molar-refractivity contribution in [3.8, 4) is 11.5 Å². The second-order valence-electron chi connectivity index (χ2n) is 6.04. The van der Waals surface area contributed by atoms with Gasteiger partial charge >= 0.3 is 6.18 Å². The van der Waals surface area contributed by atoms with Crippen molar-refractivity contribution in [3.63, 3.8) is 0 Å². The van der Waals surface area contributed by atoms with Crippen LogP contribution < -0.4 is 14.8 Å². The number of carbonyl (C=O) groups excluding carboxylic acids is 1. The van der Waals surface area contributed by atoms with Crippen molar-refractivity contribution in [1.82, 2.24) is 10.2 Å². The van der Waals surface area contributed by atoms with Crippen molar-refractivity contribution in [2.45, 2.75) is 31.2 Å². The third-order valence-electron chi connectivity index (χ3n) is 4.14. The summed E-state index contributed by atoms with van der Waals surface area (Å²) in [5, 5.41) is 2.85. The van der Waals surface area contributed by atoms with Gasteiger partial charge in [0.2, 0.25) is 6.10 Å². The molecule has 0 spiro atoms. The maximum Gasteiger partial charge on any atom is 0.401 e. The highest BCUT2D eigenvalue weighted by Gasteiger charge is 2.34. The molecule has 1 fully saturated rings. The number of alkyl halides is 3. The van der Waals surface area contributed by atoms with Gasteiger partial charge < -0.3 is 14.8 Å². The molecule has 2 heterocycles. The minimum absolute atomic E-state index is 0.121. The third-order valence-corrected chi connectivity index (χ3v) is 4.14. The lowest BCUT2D eigenvalue weighted by Gasteiger charge is -2.33. The molecule has 5 nitrogen and oxygen atoms in total. The summed E-state index contributed by atoms with van der Waals surface area (Å²) in [5.74, 6) is 0.824. The summed E-state index contributed by atoms with van der Waals surface area (Å²) < 4.78 is 48.2. The summed E-state index contributed by atoms with van der Waals surface area (Å²) >= 11 is 0. The van der Waals surface area contributed by atoms with E-state index in [4.69, 9.17) is 9.47 Å². The minimum atomic E-state index is -4.18. The summed E-state index contributed by atoms with van der Waals surface area (Å²) in [6.45, 7) is -0.148. The first-order valence-corrected chi connectivity index (χ1v) is 7.89. The van der Waals surface area contributed by atoms with Crippen LogP contribution in [-0.2, 0) is 4.79 Å². The van der Waals surface area contributed by atoms with E-state index < -0.39 is 18.8 Å². The lowest BCUT2D eigenvalue weighted by atomic mass is 10.0. The summed E-state index contributed by atoms with van der Waals surface area (Å²) in [5.41, 5.74) is 0. The number of nitrogens with zero attached hydrogens (tertiary/aromatic N) is 1. The molecule has 0 bridgehead atoms. The quantitative estimate of drug-likeness (QED) is 0.911. The fourth-order valence-corrected chi connectivity index (χ4v) is 2.93. The number of fused-ring (bicyclic) bond motifs is 1. The van der Waals surface area contributed by atoms with Crippen molar-refractivity contribution in [3.05, 3.63) is 24.3 Å². The molecule has 2 aliphatic heterocycles. The van der Waals surface area contributed by atoms with E-state index in [1.54, 1.807) is 18.2 Å².